The Morgan fingerprint density at radius 2 is 1.78 bits per heavy atom. The molecule has 3 rings (SSSR count). The van der Waals surface area contributed by atoms with Crippen LogP contribution in [-0.4, -0.2) is 73.7 Å². The van der Waals surface area contributed by atoms with Crippen molar-refractivity contribution >= 4 is 15.9 Å². The molecule has 0 saturated carbocycles. The molecule has 2 heterocycles. The van der Waals surface area contributed by atoms with Gasteiger partial charge < -0.3 is 4.90 Å². The molecule has 2 saturated heterocycles. The average molecular weight is 394 g/mol. The molecule has 2 aliphatic heterocycles. The third-order valence-corrected chi connectivity index (χ3v) is 7.87. The number of rotatable bonds is 4. The number of likely N-dealkylation sites (tertiary alicyclic amines) is 1. The normalized spacial score (nSPS) is 22.8. The van der Waals surface area contributed by atoms with Crippen LogP contribution in [0.5, 0.6) is 0 Å². The van der Waals surface area contributed by atoms with E-state index in [9.17, 15) is 13.2 Å². The van der Waals surface area contributed by atoms with Crippen molar-refractivity contribution in [2.45, 2.75) is 51.0 Å². The summed E-state index contributed by atoms with van der Waals surface area (Å²) in [6.45, 7) is 8.98. The third kappa shape index (κ3) is 4.52. The van der Waals surface area contributed by atoms with E-state index in [0.717, 1.165) is 30.5 Å². The van der Waals surface area contributed by atoms with E-state index >= 15 is 0 Å². The Kier molecular flexibility index (Phi) is 6.23. The van der Waals surface area contributed by atoms with Gasteiger partial charge in [-0.3, -0.25) is 9.69 Å². The smallest absolute Gasteiger partial charge is 0.243 e. The second kappa shape index (κ2) is 8.29. The van der Waals surface area contributed by atoms with Gasteiger partial charge in [-0.05, 0) is 57.4 Å². The van der Waals surface area contributed by atoms with Gasteiger partial charge in [0.25, 0.3) is 0 Å². The summed E-state index contributed by atoms with van der Waals surface area (Å²) >= 11 is 0. The van der Waals surface area contributed by atoms with Gasteiger partial charge in [0.2, 0.25) is 15.9 Å². The Morgan fingerprint density at radius 1 is 1.07 bits per heavy atom. The minimum Gasteiger partial charge on any atom is -0.339 e. The van der Waals surface area contributed by atoms with Gasteiger partial charge in [-0.2, -0.15) is 4.31 Å². The molecule has 0 aliphatic carbocycles. The first-order chi connectivity index (χ1) is 12.8. The molecular formula is C20H31N3O3S. The van der Waals surface area contributed by atoms with Crippen LogP contribution in [0.1, 0.15) is 37.3 Å². The lowest BCUT2D eigenvalue weighted by Crippen LogP contribution is -2.53. The summed E-state index contributed by atoms with van der Waals surface area (Å²) in [6, 6.07) is 5.96. The van der Waals surface area contributed by atoms with Crippen LogP contribution in [0.3, 0.4) is 0 Å². The second-order valence-corrected chi connectivity index (χ2v) is 9.78. The molecule has 7 heteroatoms. The highest BCUT2D eigenvalue weighted by molar-refractivity contribution is 7.89. The minimum atomic E-state index is -3.52. The van der Waals surface area contributed by atoms with Crippen molar-refractivity contribution in [2.75, 3.05) is 39.3 Å². The molecule has 0 N–H and O–H groups in total. The standard InChI is InChI=1S/C20H31N3O3S/c1-16-7-8-17(2)19(14-16)27(25,26)23-12-10-21(11-13-23)20(24)15-22-9-5-4-6-18(22)3/h7-8,14,18H,4-6,9-13,15H2,1-3H3/t18-/m0/s1. The lowest BCUT2D eigenvalue weighted by molar-refractivity contribution is -0.134. The van der Waals surface area contributed by atoms with Crippen LogP contribution in [-0.2, 0) is 14.8 Å². The average Bonchev–Trinajstić information content (AvgIpc) is 2.65. The summed E-state index contributed by atoms with van der Waals surface area (Å²) in [7, 11) is -3.52. The van der Waals surface area contributed by atoms with E-state index in [-0.39, 0.29) is 5.91 Å². The summed E-state index contributed by atoms with van der Waals surface area (Å²) in [5.41, 5.74) is 1.70. The van der Waals surface area contributed by atoms with Crippen LogP contribution in [0.25, 0.3) is 0 Å². The van der Waals surface area contributed by atoms with Crippen molar-refractivity contribution in [3.8, 4) is 0 Å². The van der Waals surface area contributed by atoms with Crippen molar-refractivity contribution in [2.24, 2.45) is 0 Å². The van der Waals surface area contributed by atoms with E-state index in [1.807, 2.05) is 30.9 Å². The maximum atomic E-state index is 13.0. The first-order valence-electron chi connectivity index (χ1n) is 9.88. The van der Waals surface area contributed by atoms with Crippen LogP contribution in [0.4, 0.5) is 0 Å². The van der Waals surface area contributed by atoms with E-state index in [2.05, 4.69) is 11.8 Å². The topological polar surface area (TPSA) is 60.9 Å². The van der Waals surface area contributed by atoms with Crippen molar-refractivity contribution in [3.63, 3.8) is 0 Å². The molecule has 150 valence electrons. The Morgan fingerprint density at radius 3 is 2.44 bits per heavy atom. The highest BCUT2D eigenvalue weighted by atomic mass is 32.2. The molecule has 2 aliphatic rings. The maximum absolute atomic E-state index is 13.0. The summed E-state index contributed by atoms with van der Waals surface area (Å²) in [6.07, 6.45) is 3.54. The molecule has 1 atom stereocenters. The fraction of sp³-hybridized carbons (Fsp3) is 0.650. The summed E-state index contributed by atoms with van der Waals surface area (Å²) < 4.78 is 27.5. The number of piperidine rings is 1. The lowest BCUT2D eigenvalue weighted by Gasteiger charge is -2.37. The molecule has 0 radical (unpaired) electrons. The monoisotopic (exact) mass is 393 g/mol. The van der Waals surface area contributed by atoms with E-state index < -0.39 is 10.0 Å². The fourth-order valence-electron chi connectivity index (χ4n) is 3.97. The molecule has 27 heavy (non-hydrogen) atoms. The number of nitrogens with zero attached hydrogens (tertiary/aromatic N) is 3. The zero-order valence-corrected chi connectivity index (χ0v) is 17.5. The molecule has 0 spiro atoms. The highest BCUT2D eigenvalue weighted by Crippen LogP contribution is 2.23. The second-order valence-electron chi connectivity index (χ2n) is 7.87. The molecule has 1 aromatic rings. The van der Waals surface area contributed by atoms with Gasteiger partial charge in [-0.25, -0.2) is 8.42 Å². The van der Waals surface area contributed by atoms with Crippen LogP contribution >= 0.6 is 0 Å². The molecule has 0 unspecified atom stereocenters. The van der Waals surface area contributed by atoms with Gasteiger partial charge in [-0.15, -0.1) is 0 Å². The van der Waals surface area contributed by atoms with Gasteiger partial charge >= 0.3 is 0 Å². The molecule has 0 aromatic heterocycles. The third-order valence-electron chi connectivity index (χ3n) is 5.83. The molecule has 6 nitrogen and oxygen atoms in total. The molecule has 1 aromatic carbocycles. The number of aryl methyl sites for hydroxylation is 2. The predicted octanol–water partition coefficient (Wildman–Crippen LogP) is 2.01. The van der Waals surface area contributed by atoms with Crippen molar-refractivity contribution < 1.29 is 13.2 Å². The molecule has 0 bridgehead atoms. The van der Waals surface area contributed by atoms with Crippen LogP contribution in [0.2, 0.25) is 0 Å². The highest BCUT2D eigenvalue weighted by Gasteiger charge is 2.32. The first kappa shape index (κ1) is 20.3. The van der Waals surface area contributed by atoms with Crippen LogP contribution in [0, 0.1) is 13.8 Å². The van der Waals surface area contributed by atoms with Crippen LogP contribution in [0.15, 0.2) is 23.1 Å². The Hall–Kier alpha value is -1.44. The zero-order chi connectivity index (χ0) is 19.6. The number of benzene rings is 1. The Bertz CT molecular complexity index is 786. The minimum absolute atomic E-state index is 0.118. The Balaban J connectivity index is 1.61. The van der Waals surface area contributed by atoms with Gasteiger partial charge in [0, 0.05) is 32.2 Å². The van der Waals surface area contributed by atoms with Gasteiger partial charge in [0.05, 0.1) is 11.4 Å². The number of hydrogen-bond donors (Lipinski definition) is 0. The van der Waals surface area contributed by atoms with E-state index in [4.69, 9.17) is 0 Å². The number of sulfonamides is 1. The Labute approximate surface area is 163 Å². The van der Waals surface area contributed by atoms with Crippen molar-refractivity contribution in [3.05, 3.63) is 29.3 Å². The predicted molar refractivity (Wildman–Crippen MR) is 106 cm³/mol. The maximum Gasteiger partial charge on any atom is 0.243 e. The van der Waals surface area contributed by atoms with E-state index in [1.54, 1.807) is 6.07 Å². The first-order valence-corrected chi connectivity index (χ1v) is 11.3. The number of amides is 1. The summed E-state index contributed by atoms with van der Waals surface area (Å²) in [4.78, 5) is 17.1. The largest absolute Gasteiger partial charge is 0.339 e. The number of carbonyl (C=O) groups excluding carboxylic acids is 1. The van der Waals surface area contributed by atoms with Crippen LogP contribution < -0.4 is 0 Å². The van der Waals surface area contributed by atoms with E-state index in [0.29, 0.717) is 43.7 Å². The van der Waals surface area contributed by atoms with Gasteiger partial charge in [0.15, 0.2) is 0 Å². The van der Waals surface area contributed by atoms with E-state index in [1.165, 1.54) is 10.7 Å². The number of piperazine rings is 1. The van der Waals surface area contributed by atoms with Gasteiger partial charge in [-0.1, -0.05) is 18.6 Å². The zero-order valence-electron chi connectivity index (χ0n) is 16.6. The summed E-state index contributed by atoms with van der Waals surface area (Å²) in [5, 5.41) is 0. The molecule has 2 fully saturated rings. The molecular weight excluding hydrogens is 362 g/mol. The molecule has 1 amide bonds. The number of hydrogen-bond acceptors (Lipinski definition) is 4. The fourth-order valence-corrected chi connectivity index (χ4v) is 5.70. The quantitative estimate of drug-likeness (QED) is 0.785. The van der Waals surface area contributed by atoms with Gasteiger partial charge in [0.1, 0.15) is 0 Å². The van der Waals surface area contributed by atoms with Crippen molar-refractivity contribution in [1.82, 2.24) is 14.1 Å². The number of carbonyl (C=O) groups is 1. The lowest BCUT2D eigenvalue weighted by atomic mass is 10.0. The summed E-state index contributed by atoms with van der Waals surface area (Å²) in [5.74, 6) is 0.118. The SMILES string of the molecule is Cc1ccc(C)c(S(=O)(=O)N2CCN(C(=O)CN3CCCC[C@@H]3C)CC2)c1. The van der Waals surface area contributed by atoms with Crippen molar-refractivity contribution in [1.29, 1.82) is 0 Å².